The van der Waals surface area contributed by atoms with Crippen LogP contribution in [0.25, 0.3) is 0 Å². The lowest BCUT2D eigenvalue weighted by Crippen LogP contribution is -2.23. The normalized spacial score (nSPS) is 12.4. The van der Waals surface area contributed by atoms with Crippen molar-refractivity contribution in [2.75, 3.05) is 13.7 Å². The first kappa shape index (κ1) is 14.0. The molecule has 1 N–H and O–H groups in total. The first-order valence-corrected chi connectivity index (χ1v) is 7.23. The van der Waals surface area contributed by atoms with Gasteiger partial charge in [0, 0.05) is 15.8 Å². The molecule has 1 unspecified atom stereocenters. The van der Waals surface area contributed by atoms with E-state index in [1.165, 1.54) is 9.75 Å². The van der Waals surface area contributed by atoms with Gasteiger partial charge in [0.15, 0.2) is 0 Å². The predicted molar refractivity (Wildman–Crippen MR) is 77.8 cm³/mol. The van der Waals surface area contributed by atoms with Gasteiger partial charge >= 0.3 is 0 Å². The number of methoxy groups -OCH3 is 1. The number of thiophene rings is 1. The van der Waals surface area contributed by atoms with Gasteiger partial charge in [-0.25, -0.2) is 0 Å². The molecule has 0 aliphatic heterocycles. The molecular formula is C14H19N3OS. The molecule has 2 aromatic heterocycles. The maximum Gasteiger partial charge on any atom is 0.233 e. The largest absolute Gasteiger partial charge is 0.480 e. The zero-order valence-electron chi connectivity index (χ0n) is 11.5. The summed E-state index contributed by atoms with van der Waals surface area (Å²) >= 11 is 1.79. The Labute approximate surface area is 117 Å². The number of aryl methyl sites for hydroxylation is 1. The summed E-state index contributed by atoms with van der Waals surface area (Å²) in [6.45, 7) is 5.23. The van der Waals surface area contributed by atoms with Crippen molar-refractivity contribution in [1.82, 2.24) is 15.5 Å². The molecule has 0 radical (unpaired) electrons. The maximum absolute atomic E-state index is 5.05. The molecular weight excluding hydrogens is 258 g/mol. The SMILES string of the molecule is CCCNC(c1ccc(OC)nn1)c1ccc(C)s1. The van der Waals surface area contributed by atoms with E-state index >= 15 is 0 Å². The van der Waals surface area contributed by atoms with Crippen molar-refractivity contribution in [2.45, 2.75) is 26.3 Å². The number of nitrogens with one attached hydrogen (secondary N) is 1. The van der Waals surface area contributed by atoms with Crippen molar-refractivity contribution >= 4 is 11.3 Å². The second kappa shape index (κ2) is 6.63. The van der Waals surface area contributed by atoms with Gasteiger partial charge in [-0.2, -0.15) is 0 Å². The molecule has 0 saturated heterocycles. The van der Waals surface area contributed by atoms with Crippen molar-refractivity contribution in [3.05, 3.63) is 39.7 Å². The summed E-state index contributed by atoms with van der Waals surface area (Å²) in [4.78, 5) is 2.57. The number of rotatable bonds is 6. The summed E-state index contributed by atoms with van der Waals surface area (Å²) in [5, 5.41) is 11.8. The molecule has 0 amide bonds. The molecule has 19 heavy (non-hydrogen) atoms. The second-order valence-corrected chi connectivity index (χ2v) is 5.66. The van der Waals surface area contributed by atoms with E-state index in [4.69, 9.17) is 4.74 Å². The van der Waals surface area contributed by atoms with Gasteiger partial charge in [0.05, 0.1) is 18.8 Å². The fourth-order valence-corrected chi connectivity index (χ4v) is 2.81. The van der Waals surface area contributed by atoms with Gasteiger partial charge in [-0.05, 0) is 38.1 Å². The minimum absolute atomic E-state index is 0.108. The van der Waals surface area contributed by atoms with Crippen molar-refractivity contribution in [3.63, 3.8) is 0 Å². The third-order valence-electron chi connectivity index (χ3n) is 2.81. The Balaban J connectivity index is 2.25. The number of ether oxygens (including phenoxy) is 1. The molecule has 5 heteroatoms. The third-order valence-corrected chi connectivity index (χ3v) is 3.88. The Morgan fingerprint density at radius 1 is 1.26 bits per heavy atom. The standard InChI is InChI=1S/C14H19N3OS/c1-4-9-15-14(12-7-5-10(2)19-12)11-6-8-13(18-3)17-16-11/h5-8,14-15H,4,9H2,1-3H3. The van der Waals surface area contributed by atoms with Crippen LogP contribution in [0.3, 0.4) is 0 Å². The van der Waals surface area contributed by atoms with Crippen molar-refractivity contribution in [2.24, 2.45) is 0 Å². The lowest BCUT2D eigenvalue weighted by molar-refractivity contribution is 0.390. The van der Waals surface area contributed by atoms with Crippen LogP contribution in [-0.4, -0.2) is 23.9 Å². The minimum atomic E-state index is 0.108. The molecule has 0 spiro atoms. The van der Waals surface area contributed by atoms with Crippen molar-refractivity contribution < 1.29 is 4.74 Å². The van der Waals surface area contributed by atoms with Crippen LogP contribution in [0.1, 0.15) is 34.8 Å². The minimum Gasteiger partial charge on any atom is -0.480 e. The van der Waals surface area contributed by atoms with Gasteiger partial charge in [0.25, 0.3) is 0 Å². The summed E-state index contributed by atoms with van der Waals surface area (Å²) in [5.41, 5.74) is 0.927. The fourth-order valence-electron chi connectivity index (χ4n) is 1.84. The van der Waals surface area contributed by atoms with Crippen molar-refractivity contribution in [1.29, 1.82) is 0 Å². The Kier molecular flexibility index (Phi) is 4.87. The molecule has 102 valence electrons. The molecule has 2 heterocycles. The van der Waals surface area contributed by atoms with Gasteiger partial charge < -0.3 is 10.1 Å². The monoisotopic (exact) mass is 277 g/mol. The molecule has 0 aliphatic rings. The first-order valence-electron chi connectivity index (χ1n) is 6.42. The highest BCUT2D eigenvalue weighted by atomic mass is 32.1. The van der Waals surface area contributed by atoms with E-state index in [1.54, 1.807) is 18.4 Å². The highest BCUT2D eigenvalue weighted by Crippen LogP contribution is 2.27. The number of hydrogen-bond acceptors (Lipinski definition) is 5. The Morgan fingerprint density at radius 3 is 2.63 bits per heavy atom. The fraction of sp³-hybridized carbons (Fsp3) is 0.429. The summed E-state index contributed by atoms with van der Waals surface area (Å²) in [6.07, 6.45) is 1.09. The molecule has 0 aliphatic carbocycles. The summed E-state index contributed by atoms with van der Waals surface area (Å²) in [7, 11) is 1.60. The molecule has 1 atom stereocenters. The molecule has 4 nitrogen and oxygen atoms in total. The number of hydrogen-bond donors (Lipinski definition) is 1. The predicted octanol–water partition coefficient (Wildman–Crippen LogP) is 2.94. The van der Waals surface area contributed by atoms with Gasteiger partial charge in [-0.3, -0.25) is 0 Å². The maximum atomic E-state index is 5.05. The Bertz CT molecular complexity index is 510. The average Bonchev–Trinajstić information content (AvgIpc) is 2.86. The smallest absolute Gasteiger partial charge is 0.233 e. The van der Waals surface area contributed by atoms with E-state index < -0.39 is 0 Å². The Morgan fingerprint density at radius 2 is 2.11 bits per heavy atom. The molecule has 0 aromatic carbocycles. The van der Waals surface area contributed by atoms with Crippen LogP contribution in [0, 0.1) is 6.92 Å². The lowest BCUT2D eigenvalue weighted by atomic mass is 10.1. The van der Waals surface area contributed by atoms with Crippen LogP contribution in [0.15, 0.2) is 24.3 Å². The first-order chi connectivity index (χ1) is 9.24. The van der Waals surface area contributed by atoms with Gasteiger partial charge in [0.2, 0.25) is 5.88 Å². The summed E-state index contributed by atoms with van der Waals surface area (Å²) in [5.74, 6) is 0.542. The third kappa shape index (κ3) is 3.52. The quantitative estimate of drug-likeness (QED) is 0.882. The van der Waals surface area contributed by atoms with E-state index in [1.807, 2.05) is 12.1 Å². The highest BCUT2D eigenvalue weighted by molar-refractivity contribution is 7.12. The van der Waals surface area contributed by atoms with E-state index in [0.717, 1.165) is 18.7 Å². The summed E-state index contributed by atoms with van der Waals surface area (Å²) in [6, 6.07) is 8.21. The summed E-state index contributed by atoms with van der Waals surface area (Å²) < 4.78 is 5.05. The van der Waals surface area contributed by atoms with Crippen LogP contribution < -0.4 is 10.1 Å². The molecule has 2 aromatic rings. The van der Waals surface area contributed by atoms with E-state index in [0.29, 0.717) is 5.88 Å². The molecule has 0 saturated carbocycles. The van der Waals surface area contributed by atoms with Crippen LogP contribution in [0.5, 0.6) is 5.88 Å². The highest BCUT2D eigenvalue weighted by Gasteiger charge is 2.17. The second-order valence-electron chi connectivity index (χ2n) is 4.34. The van der Waals surface area contributed by atoms with Crippen LogP contribution in [0.4, 0.5) is 0 Å². The van der Waals surface area contributed by atoms with Gasteiger partial charge in [-0.1, -0.05) is 6.92 Å². The van der Waals surface area contributed by atoms with Crippen LogP contribution in [0.2, 0.25) is 0 Å². The van der Waals surface area contributed by atoms with E-state index in [-0.39, 0.29) is 6.04 Å². The van der Waals surface area contributed by atoms with E-state index in [9.17, 15) is 0 Å². The lowest BCUT2D eigenvalue weighted by Gasteiger charge is -2.16. The van der Waals surface area contributed by atoms with Gasteiger partial charge in [0.1, 0.15) is 0 Å². The molecule has 0 bridgehead atoms. The van der Waals surface area contributed by atoms with E-state index in [2.05, 4.69) is 41.5 Å². The van der Waals surface area contributed by atoms with Crippen LogP contribution in [-0.2, 0) is 0 Å². The van der Waals surface area contributed by atoms with Gasteiger partial charge in [-0.15, -0.1) is 21.5 Å². The Hall–Kier alpha value is -1.46. The van der Waals surface area contributed by atoms with Crippen LogP contribution >= 0.6 is 11.3 Å². The number of nitrogens with zero attached hydrogens (tertiary/aromatic N) is 2. The molecule has 0 fully saturated rings. The molecule has 2 rings (SSSR count). The zero-order chi connectivity index (χ0) is 13.7. The number of aromatic nitrogens is 2. The average molecular weight is 277 g/mol. The topological polar surface area (TPSA) is 47.0 Å². The zero-order valence-corrected chi connectivity index (χ0v) is 12.3. The van der Waals surface area contributed by atoms with Crippen molar-refractivity contribution in [3.8, 4) is 5.88 Å².